The SMILES string of the molecule is C=CC(CN[C]=O)OC. The van der Waals surface area contributed by atoms with E-state index in [4.69, 9.17) is 4.74 Å². The van der Waals surface area contributed by atoms with E-state index in [1.165, 1.54) is 6.41 Å². The molecule has 1 atom stereocenters. The van der Waals surface area contributed by atoms with Crippen LogP contribution in [0, 0.1) is 0 Å². The molecule has 0 spiro atoms. The molecule has 0 aliphatic heterocycles. The molecular formula is C6H10NO2. The molecule has 0 aliphatic carbocycles. The van der Waals surface area contributed by atoms with Gasteiger partial charge >= 0.3 is 6.41 Å². The Morgan fingerprint density at radius 1 is 2.00 bits per heavy atom. The van der Waals surface area contributed by atoms with Gasteiger partial charge in [-0.2, -0.15) is 0 Å². The monoisotopic (exact) mass is 128 g/mol. The van der Waals surface area contributed by atoms with Gasteiger partial charge in [-0.15, -0.1) is 6.58 Å². The first-order chi connectivity index (χ1) is 4.35. The predicted octanol–water partition coefficient (Wildman–Crippen LogP) is -0.156. The smallest absolute Gasteiger partial charge is 0.309 e. The average Bonchev–Trinajstić information content (AvgIpc) is 1.91. The molecule has 0 rings (SSSR count). The van der Waals surface area contributed by atoms with Crippen LogP contribution in [-0.2, 0) is 9.53 Å². The Kier molecular flexibility index (Phi) is 4.82. The largest absolute Gasteiger partial charge is 0.376 e. The molecule has 9 heavy (non-hydrogen) atoms. The summed E-state index contributed by atoms with van der Waals surface area (Å²) in [6.45, 7) is 3.92. The minimum absolute atomic E-state index is 0.105. The van der Waals surface area contributed by atoms with Crippen molar-refractivity contribution in [2.45, 2.75) is 6.10 Å². The van der Waals surface area contributed by atoms with Crippen LogP contribution in [0.3, 0.4) is 0 Å². The molecular weight excluding hydrogens is 118 g/mol. The molecule has 0 heterocycles. The minimum atomic E-state index is -0.105. The van der Waals surface area contributed by atoms with Crippen LogP contribution in [-0.4, -0.2) is 26.2 Å². The van der Waals surface area contributed by atoms with Crippen LogP contribution in [0.4, 0.5) is 0 Å². The molecule has 0 aromatic carbocycles. The zero-order chi connectivity index (χ0) is 7.11. The zero-order valence-corrected chi connectivity index (χ0v) is 5.39. The van der Waals surface area contributed by atoms with E-state index in [1.807, 2.05) is 0 Å². The van der Waals surface area contributed by atoms with Crippen molar-refractivity contribution in [2.75, 3.05) is 13.7 Å². The molecule has 1 unspecified atom stereocenters. The molecule has 1 N–H and O–H groups in total. The summed E-state index contributed by atoms with van der Waals surface area (Å²) >= 11 is 0. The number of hydrogen-bond donors (Lipinski definition) is 1. The van der Waals surface area contributed by atoms with Crippen LogP contribution in [0.1, 0.15) is 0 Å². The van der Waals surface area contributed by atoms with Gasteiger partial charge < -0.3 is 10.1 Å². The number of carbonyl (C=O) groups excluding carboxylic acids is 1. The van der Waals surface area contributed by atoms with E-state index in [-0.39, 0.29) is 6.10 Å². The van der Waals surface area contributed by atoms with Gasteiger partial charge in [0.25, 0.3) is 0 Å². The Balaban J connectivity index is 3.30. The number of methoxy groups -OCH3 is 1. The zero-order valence-electron chi connectivity index (χ0n) is 5.39. The average molecular weight is 128 g/mol. The second kappa shape index (κ2) is 5.31. The van der Waals surface area contributed by atoms with Crippen LogP contribution < -0.4 is 5.32 Å². The molecule has 51 valence electrons. The molecule has 3 heteroatoms. The summed E-state index contributed by atoms with van der Waals surface area (Å²) in [5.41, 5.74) is 0. The minimum Gasteiger partial charge on any atom is -0.376 e. The van der Waals surface area contributed by atoms with Gasteiger partial charge in [0.1, 0.15) is 0 Å². The van der Waals surface area contributed by atoms with Crippen LogP contribution >= 0.6 is 0 Å². The van der Waals surface area contributed by atoms with E-state index in [1.54, 1.807) is 13.2 Å². The van der Waals surface area contributed by atoms with Crippen molar-refractivity contribution in [2.24, 2.45) is 0 Å². The third kappa shape index (κ3) is 3.73. The Bertz CT molecular complexity index is 93.1. The second-order valence-electron chi connectivity index (χ2n) is 1.49. The normalized spacial score (nSPS) is 12.1. The van der Waals surface area contributed by atoms with E-state index in [0.29, 0.717) is 6.54 Å². The maximum absolute atomic E-state index is 9.62. The molecule has 0 aliphatic rings. The van der Waals surface area contributed by atoms with Crippen LogP contribution in [0.25, 0.3) is 0 Å². The number of hydrogen-bond acceptors (Lipinski definition) is 2. The van der Waals surface area contributed by atoms with E-state index in [2.05, 4.69) is 11.9 Å². The van der Waals surface area contributed by atoms with Gasteiger partial charge in [-0.05, 0) is 0 Å². The first kappa shape index (κ1) is 8.17. The van der Waals surface area contributed by atoms with Gasteiger partial charge in [0.2, 0.25) is 0 Å². The fraction of sp³-hybridized carbons (Fsp3) is 0.500. The standard InChI is InChI=1S/C6H10NO2/c1-3-6(9-2)4-7-5-8/h3,6H,1,4H2,2H3,(H,7,8). The Morgan fingerprint density at radius 2 is 2.67 bits per heavy atom. The molecule has 0 aromatic heterocycles. The predicted molar refractivity (Wildman–Crippen MR) is 34.7 cm³/mol. The third-order valence-electron chi connectivity index (χ3n) is 0.941. The third-order valence-corrected chi connectivity index (χ3v) is 0.941. The molecule has 0 bridgehead atoms. The lowest BCUT2D eigenvalue weighted by atomic mass is 10.3. The fourth-order valence-corrected chi connectivity index (χ4v) is 0.405. The maximum Gasteiger partial charge on any atom is 0.309 e. The summed E-state index contributed by atoms with van der Waals surface area (Å²) in [5, 5.41) is 2.35. The lowest BCUT2D eigenvalue weighted by Gasteiger charge is -2.06. The number of nitrogens with one attached hydrogen (secondary N) is 1. The highest BCUT2D eigenvalue weighted by atomic mass is 16.5. The molecule has 0 aromatic rings. The van der Waals surface area contributed by atoms with Crippen LogP contribution in [0.2, 0.25) is 0 Å². The van der Waals surface area contributed by atoms with E-state index in [9.17, 15) is 4.79 Å². The highest BCUT2D eigenvalue weighted by molar-refractivity contribution is 5.47. The number of rotatable bonds is 5. The molecule has 3 nitrogen and oxygen atoms in total. The van der Waals surface area contributed by atoms with Crippen molar-refractivity contribution in [3.63, 3.8) is 0 Å². The molecule has 0 saturated carbocycles. The van der Waals surface area contributed by atoms with Crippen LogP contribution in [0.15, 0.2) is 12.7 Å². The van der Waals surface area contributed by atoms with Gasteiger partial charge in [-0.3, -0.25) is 4.79 Å². The van der Waals surface area contributed by atoms with Gasteiger partial charge in [0.05, 0.1) is 6.10 Å². The van der Waals surface area contributed by atoms with Crippen molar-refractivity contribution >= 4 is 6.41 Å². The van der Waals surface area contributed by atoms with Gasteiger partial charge in [0, 0.05) is 13.7 Å². The summed E-state index contributed by atoms with van der Waals surface area (Å²) < 4.78 is 4.84. The Hall–Kier alpha value is -0.830. The highest BCUT2D eigenvalue weighted by Crippen LogP contribution is 1.85. The second-order valence-corrected chi connectivity index (χ2v) is 1.49. The summed E-state index contributed by atoms with van der Waals surface area (Å²) in [4.78, 5) is 9.62. The van der Waals surface area contributed by atoms with Gasteiger partial charge in [-0.1, -0.05) is 6.08 Å². The molecule has 0 saturated heterocycles. The summed E-state index contributed by atoms with van der Waals surface area (Å²) in [6.07, 6.45) is 3.05. The van der Waals surface area contributed by atoms with E-state index in [0.717, 1.165) is 0 Å². The lowest BCUT2D eigenvalue weighted by Crippen LogP contribution is -2.25. The topological polar surface area (TPSA) is 38.3 Å². The van der Waals surface area contributed by atoms with Gasteiger partial charge in [-0.25, -0.2) is 0 Å². The lowest BCUT2D eigenvalue weighted by molar-refractivity contribution is 0.144. The highest BCUT2D eigenvalue weighted by Gasteiger charge is 1.97. The maximum atomic E-state index is 9.62. The van der Waals surface area contributed by atoms with Gasteiger partial charge in [0.15, 0.2) is 0 Å². The van der Waals surface area contributed by atoms with Crippen molar-refractivity contribution in [3.05, 3.63) is 12.7 Å². The number of amides is 1. The summed E-state index contributed by atoms with van der Waals surface area (Å²) in [6, 6.07) is 0. The van der Waals surface area contributed by atoms with Crippen molar-refractivity contribution in [3.8, 4) is 0 Å². The summed E-state index contributed by atoms with van der Waals surface area (Å²) in [7, 11) is 1.55. The van der Waals surface area contributed by atoms with Crippen molar-refractivity contribution in [1.82, 2.24) is 5.32 Å². The molecule has 1 amide bonds. The van der Waals surface area contributed by atoms with Crippen molar-refractivity contribution in [1.29, 1.82) is 0 Å². The van der Waals surface area contributed by atoms with Crippen LogP contribution in [0.5, 0.6) is 0 Å². The Labute approximate surface area is 54.7 Å². The Morgan fingerprint density at radius 3 is 3.00 bits per heavy atom. The first-order valence-electron chi connectivity index (χ1n) is 2.60. The fourth-order valence-electron chi connectivity index (χ4n) is 0.405. The summed E-state index contributed by atoms with van der Waals surface area (Å²) in [5.74, 6) is 0. The number of ether oxygens (including phenoxy) is 1. The molecule has 1 radical (unpaired) electrons. The van der Waals surface area contributed by atoms with E-state index < -0.39 is 0 Å². The first-order valence-corrected chi connectivity index (χ1v) is 2.60. The molecule has 0 fully saturated rings. The van der Waals surface area contributed by atoms with Crippen molar-refractivity contribution < 1.29 is 9.53 Å². The quantitative estimate of drug-likeness (QED) is 0.413. The van der Waals surface area contributed by atoms with E-state index >= 15 is 0 Å².